The molecule has 0 aromatic carbocycles. The molecule has 0 saturated heterocycles. The number of aliphatic carboxylic acids is 1. The average Bonchev–Trinajstić information content (AvgIpc) is 2.04. The number of carbonyl (C=O) groups is 2. The van der Waals surface area contributed by atoms with Gasteiger partial charge in [-0.2, -0.15) is 0 Å². The molecule has 0 radical (unpaired) electrons. The van der Waals surface area contributed by atoms with E-state index in [9.17, 15) is 9.59 Å². The first kappa shape index (κ1) is 8.25. The Kier molecular flexibility index (Phi) is 2.09. The van der Waals surface area contributed by atoms with Crippen LogP contribution in [0.25, 0.3) is 0 Å². The predicted octanol–water partition coefficient (Wildman–Crippen LogP) is -0.0232. The Hall–Kier alpha value is -1.85. The van der Waals surface area contributed by atoms with Crippen LogP contribution in [0.3, 0.4) is 0 Å². The van der Waals surface area contributed by atoms with Crippen molar-refractivity contribution in [2.24, 2.45) is 4.99 Å². The molecule has 1 aliphatic heterocycles. The van der Waals surface area contributed by atoms with Crippen molar-refractivity contribution in [3.8, 4) is 0 Å². The molecular weight excluding hydrogens is 164 g/mol. The second-order valence-electron chi connectivity index (χ2n) is 2.13. The monoisotopic (exact) mass is 170 g/mol. The molecule has 0 spiro atoms. The number of aliphatic imine (C=N–C) groups is 1. The molecule has 0 atom stereocenters. The van der Waals surface area contributed by atoms with Gasteiger partial charge in [0.15, 0.2) is 0 Å². The second kappa shape index (κ2) is 3.04. The van der Waals surface area contributed by atoms with E-state index in [-0.39, 0.29) is 12.1 Å². The van der Waals surface area contributed by atoms with Crippen molar-refractivity contribution in [3.63, 3.8) is 0 Å². The van der Waals surface area contributed by atoms with E-state index >= 15 is 0 Å². The highest BCUT2D eigenvalue weighted by molar-refractivity contribution is 5.91. The Morgan fingerprint density at radius 2 is 2.17 bits per heavy atom. The van der Waals surface area contributed by atoms with E-state index in [1.165, 1.54) is 0 Å². The van der Waals surface area contributed by atoms with Crippen molar-refractivity contribution in [2.75, 3.05) is 6.54 Å². The summed E-state index contributed by atoms with van der Waals surface area (Å²) in [7, 11) is 0. The fraction of sp³-hybridized carbons (Fsp3) is 0.167. The Balaban J connectivity index is 2.74. The van der Waals surface area contributed by atoms with Gasteiger partial charge in [-0.1, -0.05) is 0 Å². The summed E-state index contributed by atoms with van der Waals surface area (Å²) in [5.74, 6) is -1.15. The average molecular weight is 170 g/mol. The molecule has 1 rings (SSSR count). The first-order valence-corrected chi connectivity index (χ1v) is 3.06. The van der Waals surface area contributed by atoms with Crippen LogP contribution in [-0.4, -0.2) is 40.1 Å². The maximum atomic E-state index is 10.4. The van der Waals surface area contributed by atoms with Gasteiger partial charge in [-0.05, 0) is 0 Å². The van der Waals surface area contributed by atoms with E-state index in [1.807, 2.05) is 0 Å². The van der Waals surface area contributed by atoms with E-state index in [0.29, 0.717) is 0 Å². The summed E-state index contributed by atoms with van der Waals surface area (Å²) in [5, 5.41) is 16.9. The van der Waals surface area contributed by atoms with Crippen LogP contribution in [0, 0.1) is 0 Å². The molecule has 0 aromatic heterocycles. The number of nitrogens with zero attached hydrogens (tertiary/aromatic N) is 2. The minimum atomic E-state index is -1.22. The second-order valence-corrected chi connectivity index (χ2v) is 2.13. The summed E-state index contributed by atoms with van der Waals surface area (Å²) in [6.45, 7) is -0.159. The van der Waals surface area contributed by atoms with Crippen LogP contribution in [0.5, 0.6) is 0 Å². The van der Waals surface area contributed by atoms with Gasteiger partial charge in [-0.3, -0.25) is 4.90 Å². The van der Waals surface area contributed by atoms with Crippen LogP contribution < -0.4 is 0 Å². The smallest absolute Gasteiger partial charge is 0.412 e. The normalized spacial score (nSPS) is 15.7. The lowest BCUT2D eigenvalue weighted by molar-refractivity contribution is -0.132. The van der Waals surface area contributed by atoms with E-state index in [0.717, 1.165) is 17.4 Å². The Morgan fingerprint density at radius 1 is 1.50 bits per heavy atom. The van der Waals surface area contributed by atoms with E-state index in [1.54, 1.807) is 0 Å². The van der Waals surface area contributed by atoms with Gasteiger partial charge >= 0.3 is 12.1 Å². The number of hydrogen-bond donors (Lipinski definition) is 2. The van der Waals surface area contributed by atoms with E-state index in [2.05, 4.69) is 4.99 Å². The highest BCUT2D eigenvalue weighted by Crippen LogP contribution is 2.03. The highest BCUT2D eigenvalue weighted by Gasteiger charge is 2.18. The summed E-state index contributed by atoms with van der Waals surface area (Å²) in [6.07, 6.45) is 0.974. The minimum Gasteiger partial charge on any atom is -0.478 e. The zero-order chi connectivity index (χ0) is 9.14. The topological polar surface area (TPSA) is 90.2 Å². The summed E-state index contributed by atoms with van der Waals surface area (Å²) < 4.78 is 0. The molecule has 0 saturated carbocycles. The lowest BCUT2D eigenvalue weighted by Crippen LogP contribution is -2.33. The van der Waals surface area contributed by atoms with Crippen LogP contribution in [0.2, 0.25) is 0 Å². The Bertz CT molecular complexity index is 281. The van der Waals surface area contributed by atoms with Gasteiger partial charge in [0.25, 0.3) is 0 Å². The number of carboxylic acid groups (broad SMARTS) is 2. The summed E-state index contributed by atoms with van der Waals surface area (Å²) >= 11 is 0. The molecule has 2 N–H and O–H groups in total. The molecule has 1 amide bonds. The maximum absolute atomic E-state index is 10.4. The SMILES string of the molecule is O=C(O)C1=CN=CN(C(=O)O)C1. The minimum absolute atomic E-state index is 0.0418. The third-order valence-electron chi connectivity index (χ3n) is 1.30. The molecule has 0 unspecified atom stereocenters. The quantitative estimate of drug-likeness (QED) is 0.578. The first-order chi connectivity index (χ1) is 5.61. The molecule has 0 bridgehead atoms. The van der Waals surface area contributed by atoms with Crippen LogP contribution in [-0.2, 0) is 4.79 Å². The molecule has 0 fully saturated rings. The number of rotatable bonds is 1. The fourth-order valence-corrected chi connectivity index (χ4v) is 0.709. The zero-order valence-corrected chi connectivity index (χ0v) is 5.97. The third-order valence-corrected chi connectivity index (χ3v) is 1.30. The molecule has 1 heterocycles. The molecular formula is C6H6N2O4. The molecule has 12 heavy (non-hydrogen) atoms. The lowest BCUT2D eigenvalue weighted by Gasteiger charge is -2.15. The van der Waals surface area contributed by atoms with Gasteiger partial charge < -0.3 is 10.2 Å². The highest BCUT2D eigenvalue weighted by atomic mass is 16.4. The van der Waals surface area contributed by atoms with Crippen LogP contribution in [0.1, 0.15) is 0 Å². The van der Waals surface area contributed by atoms with Crippen molar-refractivity contribution in [3.05, 3.63) is 11.8 Å². The maximum Gasteiger partial charge on any atom is 0.412 e. The van der Waals surface area contributed by atoms with Crippen LogP contribution in [0.4, 0.5) is 4.79 Å². The lowest BCUT2D eigenvalue weighted by atomic mass is 10.2. The van der Waals surface area contributed by atoms with Crippen molar-refractivity contribution in [1.82, 2.24) is 4.90 Å². The van der Waals surface area contributed by atoms with Crippen molar-refractivity contribution < 1.29 is 19.8 Å². The predicted molar refractivity (Wildman–Crippen MR) is 38.9 cm³/mol. The largest absolute Gasteiger partial charge is 0.478 e. The molecule has 1 aliphatic rings. The van der Waals surface area contributed by atoms with E-state index < -0.39 is 12.1 Å². The molecule has 64 valence electrons. The van der Waals surface area contributed by atoms with Gasteiger partial charge in [0.1, 0.15) is 6.34 Å². The summed E-state index contributed by atoms with van der Waals surface area (Å²) in [4.78, 5) is 25.0. The van der Waals surface area contributed by atoms with Crippen molar-refractivity contribution in [1.29, 1.82) is 0 Å². The standard InChI is InChI=1S/C6H6N2O4/c9-5(10)4-1-7-3-8(2-4)6(11)12/h1,3H,2H2,(H,9,10)(H,11,12). The van der Waals surface area contributed by atoms with Gasteiger partial charge in [0, 0.05) is 6.20 Å². The molecule has 0 aromatic rings. The van der Waals surface area contributed by atoms with Gasteiger partial charge in [-0.25, -0.2) is 14.6 Å². The zero-order valence-electron chi connectivity index (χ0n) is 5.97. The van der Waals surface area contributed by atoms with Crippen LogP contribution >= 0.6 is 0 Å². The third kappa shape index (κ3) is 1.60. The van der Waals surface area contributed by atoms with Crippen molar-refractivity contribution in [2.45, 2.75) is 0 Å². The number of carboxylic acids is 1. The van der Waals surface area contributed by atoms with E-state index in [4.69, 9.17) is 10.2 Å². The first-order valence-electron chi connectivity index (χ1n) is 3.06. The summed E-state index contributed by atoms with van der Waals surface area (Å²) in [6, 6.07) is 0. The van der Waals surface area contributed by atoms with Gasteiger partial charge in [0.2, 0.25) is 0 Å². The number of hydrogen-bond acceptors (Lipinski definition) is 3. The molecule has 6 nitrogen and oxygen atoms in total. The van der Waals surface area contributed by atoms with Gasteiger partial charge in [-0.15, -0.1) is 0 Å². The summed E-state index contributed by atoms with van der Waals surface area (Å²) in [5.41, 5.74) is -0.0418. The Labute approximate surface area is 67.4 Å². The molecule has 6 heteroatoms. The van der Waals surface area contributed by atoms with Crippen molar-refractivity contribution >= 4 is 18.4 Å². The fourth-order valence-electron chi connectivity index (χ4n) is 0.709. The Morgan fingerprint density at radius 3 is 2.67 bits per heavy atom. The van der Waals surface area contributed by atoms with Crippen LogP contribution in [0.15, 0.2) is 16.8 Å². The number of amides is 1. The van der Waals surface area contributed by atoms with Gasteiger partial charge in [0.05, 0.1) is 12.1 Å². The molecule has 0 aliphatic carbocycles.